The van der Waals surface area contributed by atoms with Crippen LogP contribution in [-0.4, -0.2) is 28.7 Å². The van der Waals surface area contributed by atoms with Crippen LogP contribution in [0.15, 0.2) is 59.0 Å². The van der Waals surface area contributed by atoms with E-state index in [9.17, 15) is 31.9 Å². The van der Waals surface area contributed by atoms with E-state index in [0.717, 1.165) is 11.3 Å². The Morgan fingerprint density at radius 1 is 0.949 bits per heavy atom. The molecule has 0 aliphatic heterocycles. The third kappa shape index (κ3) is 6.43. The highest BCUT2D eigenvalue weighted by Crippen LogP contribution is 2.24. The topological polar surface area (TPSA) is 84.6 Å². The highest BCUT2D eigenvalue weighted by atomic mass is 19.2. The molecule has 0 bridgehead atoms. The van der Waals surface area contributed by atoms with Gasteiger partial charge in [0.15, 0.2) is 23.3 Å². The van der Waals surface area contributed by atoms with E-state index in [4.69, 9.17) is 9.15 Å². The number of oxazole rings is 1. The van der Waals surface area contributed by atoms with E-state index in [1.165, 1.54) is 0 Å². The number of hydrogen-bond donors (Lipinski definition) is 2. The number of hydrogen-bond acceptors (Lipinski definition) is 5. The van der Waals surface area contributed by atoms with E-state index in [2.05, 4.69) is 10.3 Å². The standard InChI is InChI=1S/C28H23F5N2O4/c1-15-20(35-27(39-15)17-5-3-2-4-6-17)11-12-38-18-9-7-16(8-10-18)13-21(28(36)37)34-14-19-22(29)24(31)26(33)25(32)23(19)30/h2-10,21,34H,11-14H2,1H3,(H,36,37)/t21-/m0/s1. The van der Waals surface area contributed by atoms with E-state index in [-0.39, 0.29) is 6.42 Å². The van der Waals surface area contributed by atoms with E-state index in [0.29, 0.717) is 36.0 Å². The van der Waals surface area contributed by atoms with Gasteiger partial charge in [0.25, 0.3) is 0 Å². The zero-order valence-corrected chi connectivity index (χ0v) is 20.6. The molecule has 0 unspecified atom stereocenters. The molecular weight excluding hydrogens is 523 g/mol. The van der Waals surface area contributed by atoms with Crippen LogP contribution in [0.4, 0.5) is 22.0 Å². The number of nitrogens with one attached hydrogen (secondary N) is 1. The lowest BCUT2D eigenvalue weighted by molar-refractivity contribution is -0.139. The van der Waals surface area contributed by atoms with Crippen LogP contribution in [0.25, 0.3) is 11.5 Å². The minimum Gasteiger partial charge on any atom is -0.493 e. The summed E-state index contributed by atoms with van der Waals surface area (Å²) in [6, 6.07) is 14.6. The van der Waals surface area contributed by atoms with Crippen molar-refractivity contribution in [3.05, 3.63) is 106 Å². The first-order valence-electron chi connectivity index (χ1n) is 11.9. The van der Waals surface area contributed by atoms with Crippen molar-refractivity contribution in [2.24, 2.45) is 0 Å². The molecule has 0 spiro atoms. The zero-order chi connectivity index (χ0) is 28.1. The predicted molar refractivity (Wildman–Crippen MR) is 131 cm³/mol. The van der Waals surface area contributed by atoms with Gasteiger partial charge in [-0.1, -0.05) is 30.3 Å². The maximum atomic E-state index is 13.9. The van der Waals surface area contributed by atoms with Crippen LogP contribution in [0.1, 0.15) is 22.6 Å². The summed E-state index contributed by atoms with van der Waals surface area (Å²) in [5.74, 6) is -10.1. The first-order chi connectivity index (χ1) is 18.7. The van der Waals surface area contributed by atoms with Gasteiger partial charge in [-0.25, -0.2) is 26.9 Å². The van der Waals surface area contributed by atoms with E-state index < -0.39 is 53.2 Å². The lowest BCUT2D eigenvalue weighted by Gasteiger charge is -2.16. The molecule has 204 valence electrons. The largest absolute Gasteiger partial charge is 0.493 e. The quantitative estimate of drug-likeness (QED) is 0.142. The van der Waals surface area contributed by atoms with E-state index in [1.807, 2.05) is 37.3 Å². The SMILES string of the molecule is Cc1oc(-c2ccccc2)nc1CCOc1ccc(C[C@H](NCc2c(F)c(F)c(F)c(F)c2F)C(=O)O)cc1. The average molecular weight is 546 g/mol. The molecule has 1 heterocycles. The summed E-state index contributed by atoms with van der Waals surface area (Å²) in [4.78, 5) is 16.2. The number of rotatable bonds is 11. The number of carbonyl (C=O) groups is 1. The summed E-state index contributed by atoms with van der Waals surface area (Å²) in [6.45, 7) is 1.25. The van der Waals surface area contributed by atoms with Crippen molar-refractivity contribution in [3.8, 4) is 17.2 Å². The van der Waals surface area contributed by atoms with Gasteiger partial charge in [-0.2, -0.15) is 0 Å². The van der Waals surface area contributed by atoms with Gasteiger partial charge in [0.05, 0.1) is 12.3 Å². The van der Waals surface area contributed by atoms with Gasteiger partial charge in [-0.05, 0) is 43.2 Å². The predicted octanol–water partition coefficient (Wildman–Crippen LogP) is 5.75. The molecule has 2 N–H and O–H groups in total. The van der Waals surface area contributed by atoms with Crippen LogP contribution >= 0.6 is 0 Å². The third-order valence-corrected chi connectivity index (χ3v) is 6.01. The molecule has 0 saturated carbocycles. The van der Waals surface area contributed by atoms with E-state index in [1.54, 1.807) is 24.3 Å². The summed E-state index contributed by atoms with van der Waals surface area (Å²) in [6.07, 6.45) is 0.373. The van der Waals surface area contributed by atoms with E-state index >= 15 is 0 Å². The molecule has 6 nitrogen and oxygen atoms in total. The third-order valence-electron chi connectivity index (χ3n) is 6.01. The van der Waals surface area contributed by atoms with Crippen molar-refractivity contribution in [2.45, 2.75) is 32.4 Å². The highest BCUT2D eigenvalue weighted by molar-refractivity contribution is 5.74. The van der Waals surface area contributed by atoms with Crippen molar-refractivity contribution < 1.29 is 41.0 Å². The van der Waals surface area contributed by atoms with Crippen LogP contribution in [0.3, 0.4) is 0 Å². The lowest BCUT2D eigenvalue weighted by atomic mass is 10.0. The molecule has 1 aromatic heterocycles. The average Bonchev–Trinajstić information content (AvgIpc) is 3.31. The fraction of sp³-hybridized carbons (Fsp3) is 0.214. The first kappa shape index (κ1) is 27.8. The van der Waals surface area contributed by atoms with Crippen LogP contribution in [0.5, 0.6) is 5.75 Å². The van der Waals surface area contributed by atoms with Crippen LogP contribution in [-0.2, 0) is 24.2 Å². The highest BCUT2D eigenvalue weighted by Gasteiger charge is 2.27. The van der Waals surface area contributed by atoms with Gasteiger partial charge in [0.2, 0.25) is 11.7 Å². The normalized spacial score (nSPS) is 11.9. The molecule has 0 aliphatic carbocycles. The van der Waals surface area contributed by atoms with Gasteiger partial charge in [0, 0.05) is 24.1 Å². The Balaban J connectivity index is 1.33. The Morgan fingerprint density at radius 2 is 1.56 bits per heavy atom. The second-order valence-corrected chi connectivity index (χ2v) is 8.65. The second-order valence-electron chi connectivity index (χ2n) is 8.65. The number of benzene rings is 3. The summed E-state index contributed by atoms with van der Waals surface area (Å²) in [5, 5.41) is 11.8. The number of aromatic nitrogens is 1. The van der Waals surface area contributed by atoms with Crippen molar-refractivity contribution in [2.75, 3.05) is 6.61 Å². The molecule has 0 radical (unpaired) electrons. The van der Waals surface area contributed by atoms with Crippen molar-refractivity contribution in [1.29, 1.82) is 0 Å². The number of ether oxygens (including phenoxy) is 1. The molecule has 39 heavy (non-hydrogen) atoms. The summed E-state index contributed by atoms with van der Waals surface area (Å²) < 4.78 is 79.4. The fourth-order valence-electron chi connectivity index (χ4n) is 3.86. The molecule has 3 aromatic carbocycles. The van der Waals surface area contributed by atoms with Crippen LogP contribution < -0.4 is 10.1 Å². The number of carboxylic acids is 1. The molecule has 0 fully saturated rings. The molecule has 0 saturated heterocycles. The minimum atomic E-state index is -2.28. The Kier molecular flexibility index (Phi) is 8.60. The molecule has 4 rings (SSSR count). The maximum Gasteiger partial charge on any atom is 0.321 e. The van der Waals surface area contributed by atoms with Crippen molar-refractivity contribution in [1.82, 2.24) is 10.3 Å². The smallest absolute Gasteiger partial charge is 0.321 e. The summed E-state index contributed by atoms with van der Waals surface area (Å²) in [5.41, 5.74) is 1.03. The number of aryl methyl sites for hydroxylation is 1. The van der Waals surface area contributed by atoms with Crippen LogP contribution in [0.2, 0.25) is 0 Å². The second kappa shape index (κ2) is 12.1. The monoisotopic (exact) mass is 546 g/mol. The molecule has 0 aliphatic rings. The van der Waals surface area contributed by atoms with Gasteiger partial charge in [-0.3, -0.25) is 10.1 Å². The number of carboxylic acid groups (broad SMARTS) is 1. The fourth-order valence-corrected chi connectivity index (χ4v) is 3.86. The minimum absolute atomic E-state index is 0.120. The number of halogens is 5. The van der Waals surface area contributed by atoms with Gasteiger partial charge < -0.3 is 14.3 Å². The molecule has 0 amide bonds. The Morgan fingerprint density at radius 3 is 2.18 bits per heavy atom. The van der Waals surface area contributed by atoms with Gasteiger partial charge >= 0.3 is 5.97 Å². The lowest BCUT2D eigenvalue weighted by Crippen LogP contribution is -2.38. The van der Waals surface area contributed by atoms with Gasteiger partial charge in [0.1, 0.15) is 17.6 Å². The molecule has 4 aromatic rings. The summed E-state index contributed by atoms with van der Waals surface area (Å²) >= 11 is 0. The Hall–Kier alpha value is -4.25. The van der Waals surface area contributed by atoms with Crippen molar-refractivity contribution in [3.63, 3.8) is 0 Å². The Labute approximate surface area is 220 Å². The Bertz CT molecular complexity index is 1430. The molecular formula is C28H23F5N2O4. The number of nitrogens with zero attached hydrogens (tertiary/aromatic N) is 1. The molecule has 1 atom stereocenters. The van der Waals surface area contributed by atoms with Crippen LogP contribution in [0, 0.1) is 36.0 Å². The van der Waals surface area contributed by atoms with Gasteiger partial charge in [-0.15, -0.1) is 0 Å². The summed E-state index contributed by atoms with van der Waals surface area (Å²) in [7, 11) is 0. The molecule has 11 heteroatoms. The van der Waals surface area contributed by atoms with Crippen molar-refractivity contribution >= 4 is 5.97 Å². The zero-order valence-electron chi connectivity index (χ0n) is 20.6. The first-order valence-corrected chi connectivity index (χ1v) is 11.9. The maximum absolute atomic E-state index is 13.9. The number of aliphatic carboxylic acids is 1.